The van der Waals surface area contributed by atoms with Crippen LogP contribution in [0.3, 0.4) is 0 Å². The highest BCUT2D eigenvalue weighted by Crippen LogP contribution is 2.30. The molecule has 248 valence electrons. The number of carbonyl (C=O) groups excluding carboxylic acids is 3. The van der Waals surface area contributed by atoms with Crippen molar-refractivity contribution in [2.45, 2.75) is 124 Å². The van der Waals surface area contributed by atoms with Gasteiger partial charge in [-0.05, 0) is 81.3 Å². The number of ketones is 2. The van der Waals surface area contributed by atoms with Crippen LogP contribution >= 0.6 is 0 Å². The number of likely N-dealkylation sites (tertiary alicyclic amines) is 1. The summed E-state index contributed by atoms with van der Waals surface area (Å²) in [5.74, 6) is -0.231. The molecule has 2 aliphatic heterocycles. The summed E-state index contributed by atoms with van der Waals surface area (Å²) in [5, 5.41) is 10.4. The fraction of sp³-hybridized carbons (Fsp3) is 0.703. The van der Waals surface area contributed by atoms with Gasteiger partial charge < -0.3 is 19.5 Å². The first-order valence-electron chi connectivity index (χ1n) is 16.8. The molecule has 0 spiro atoms. The summed E-state index contributed by atoms with van der Waals surface area (Å²) in [6, 6.07) is 0. The van der Waals surface area contributed by atoms with Gasteiger partial charge in [-0.15, -0.1) is 0 Å². The van der Waals surface area contributed by atoms with Crippen molar-refractivity contribution in [1.82, 2.24) is 4.90 Å². The summed E-state index contributed by atoms with van der Waals surface area (Å²) in [7, 11) is 1.69. The second-order valence-corrected chi connectivity index (χ2v) is 13.5. The summed E-state index contributed by atoms with van der Waals surface area (Å²) in [5.41, 5.74) is 1.91. The maximum Gasteiger partial charge on any atom is 0.292 e. The monoisotopic (exact) mass is 613 g/mol. The summed E-state index contributed by atoms with van der Waals surface area (Å²) < 4.78 is 12.0. The second-order valence-electron chi connectivity index (χ2n) is 13.5. The number of nitrogens with zero attached hydrogens (tertiary/aromatic N) is 1. The smallest absolute Gasteiger partial charge is 0.292 e. The number of rotatable bonds is 16. The molecule has 1 N–H and O–H groups in total. The van der Waals surface area contributed by atoms with Crippen molar-refractivity contribution in [2.75, 3.05) is 20.2 Å². The maximum atomic E-state index is 13.1. The third kappa shape index (κ3) is 12.6. The van der Waals surface area contributed by atoms with Crippen molar-refractivity contribution < 1.29 is 29.0 Å². The molecule has 2 unspecified atom stereocenters. The third-order valence-corrected chi connectivity index (χ3v) is 8.99. The van der Waals surface area contributed by atoms with E-state index in [9.17, 15) is 19.5 Å². The lowest BCUT2D eigenvalue weighted by atomic mass is 9.88. The van der Waals surface area contributed by atoms with Crippen LogP contribution in [-0.2, 0) is 23.9 Å². The molecule has 2 heterocycles. The molecule has 2 aliphatic rings. The predicted molar refractivity (Wildman–Crippen MR) is 177 cm³/mol. The average Bonchev–Trinajstić information content (AvgIpc) is 2.99. The van der Waals surface area contributed by atoms with E-state index in [0.29, 0.717) is 25.4 Å². The molecule has 0 saturated carbocycles. The average molecular weight is 614 g/mol. The number of aliphatic hydroxyl groups is 1. The van der Waals surface area contributed by atoms with Crippen LogP contribution < -0.4 is 0 Å². The van der Waals surface area contributed by atoms with Crippen molar-refractivity contribution in [3.8, 4) is 0 Å². The van der Waals surface area contributed by atoms with Gasteiger partial charge >= 0.3 is 0 Å². The van der Waals surface area contributed by atoms with Crippen molar-refractivity contribution in [2.24, 2.45) is 23.7 Å². The quantitative estimate of drug-likeness (QED) is 0.117. The lowest BCUT2D eigenvalue weighted by Crippen LogP contribution is -2.49. The Bertz CT molecular complexity index is 1050. The van der Waals surface area contributed by atoms with Crippen molar-refractivity contribution in [1.29, 1.82) is 0 Å². The van der Waals surface area contributed by atoms with Crippen molar-refractivity contribution in [3.63, 3.8) is 0 Å². The number of aliphatic hydroxyl groups excluding tert-OH is 1. The molecule has 0 radical (unpaired) electrons. The highest BCUT2D eigenvalue weighted by molar-refractivity contribution is 6.37. The molecule has 0 bridgehead atoms. The van der Waals surface area contributed by atoms with Gasteiger partial charge in [-0.25, -0.2) is 0 Å². The standard InChI is InChI=1S/C37H59NO6/c1-25(2)21-29(6)32(39)24-33(40)30(7)22-26(3)15-11-9-12-16-27(4)34(43-8)23-31-18-17-28(5)36(44-31)35(41)37(42)38-19-13-10-14-20-38/h9,11-12,15-16,21,25-26,28,30-32,34,36,39H,10,13-14,17-20,22-24H2,1-8H3/b12-9+,15-11+,27-16+,29-21+/t26-,28-,30-,31?,32+,34+,36?/m1/s1. The molecule has 44 heavy (non-hydrogen) atoms. The number of Topliss-reactive ketones (excluding diaryl/α,β-unsaturated/α-hetero) is 2. The van der Waals surface area contributed by atoms with E-state index in [2.05, 4.69) is 26.8 Å². The summed E-state index contributed by atoms with van der Waals surface area (Å²) in [6.07, 6.45) is 16.6. The molecular weight excluding hydrogens is 554 g/mol. The minimum absolute atomic E-state index is 0.0194. The van der Waals surface area contributed by atoms with Gasteiger partial charge in [-0.2, -0.15) is 0 Å². The molecule has 0 aromatic carbocycles. The van der Waals surface area contributed by atoms with Gasteiger partial charge in [0, 0.05) is 39.0 Å². The SMILES string of the molecule is CO[C@@H](CC1CC[C@@H](C)C(C(=O)C(=O)N2CCCCC2)O1)/C(C)=C/C=C/C=C/[C@@H](C)C[C@@H](C)C(=O)C[C@H](O)/C(C)=C/C(C)C. The second kappa shape index (κ2) is 19.2. The van der Waals surface area contributed by atoms with Gasteiger partial charge in [0.1, 0.15) is 11.9 Å². The van der Waals surface area contributed by atoms with Gasteiger partial charge in [0.2, 0.25) is 5.78 Å². The molecule has 7 nitrogen and oxygen atoms in total. The Morgan fingerprint density at radius 2 is 1.66 bits per heavy atom. The third-order valence-electron chi connectivity index (χ3n) is 8.99. The number of piperidine rings is 1. The van der Waals surface area contributed by atoms with E-state index < -0.39 is 23.9 Å². The Hall–Kier alpha value is -2.35. The molecule has 0 aromatic rings. The van der Waals surface area contributed by atoms with Gasteiger partial charge in [-0.1, -0.05) is 71.1 Å². The van der Waals surface area contributed by atoms with E-state index in [1.54, 1.807) is 12.0 Å². The van der Waals surface area contributed by atoms with Crippen molar-refractivity contribution in [3.05, 3.63) is 47.6 Å². The molecule has 2 saturated heterocycles. The van der Waals surface area contributed by atoms with E-state index >= 15 is 0 Å². The van der Waals surface area contributed by atoms with Gasteiger partial charge in [0.15, 0.2) is 0 Å². The zero-order valence-electron chi connectivity index (χ0n) is 28.6. The van der Waals surface area contributed by atoms with Crippen LogP contribution in [0.5, 0.6) is 0 Å². The zero-order valence-corrected chi connectivity index (χ0v) is 28.6. The molecule has 0 aliphatic carbocycles. The first kappa shape index (κ1) is 37.8. The summed E-state index contributed by atoms with van der Waals surface area (Å²) in [4.78, 5) is 40.3. The first-order valence-corrected chi connectivity index (χ1v) is 16.8. The van der Waals surface area contributed by atoms with Gasteiger partial charge in [0.25, 0.3) is 5.91 Å². The minimum atomic E-state index is -0.710. The van der Waals surface area contributed by atoms with E-state index in [1.165, 1.54) is 0 Å². The molecule has 7 atom stereocenters. The number of allylic oxidation sites excluding steroid dienone is 6. The van der Waals surface area contributed by atoms with Gasteiger partial charge in [0.05, 0.1) is 18.3 Å². The fourth-order valence-electron chi connectivity index (χ4n) is 6.17. The van der Waals surface area contributed by atoms with E-state index in [0.717, 1.165) is 49.7 Å². The largest absolute Gasteiger partial charge is 0.388 e. The van der Waals surface area contributed by atoms with Crippen LogP contribution in [0.4, 0.5) is 0 Å². The van der Waals surface area contributed by atoms with E-state index in [1.807, 2.05) is 58.1 Å². The number of ether oxygens (including phenoxy) is 2. The molecular formula is C37H59NO6. The highest BCUT2D eigenvalue weighted by Gasteiger charge is 2.39. The number of carbonyl (C=O) groups is 3. The minimum Gasteiger partial charge on any atom is -0.388 e. The fourth-order valence-corrected chi connectivity index (χ4v) is 6.17. The lowest BCUT2D eigenvalue weighted by molar-refractivity contribution is -0.161. The molecule has 2 fully saturated rings. The Kier molecular flexibility index (Phi) is 16.5. The predicted octanol–water partition coefficient (Wildman–Crippen LogP) is 6.80. The van der Waals surface area contributed by atoms with Crippen LogP contribution in [0.2, 0.25) is 0 Å². The first-order chi connectivity index (χ1) is 20.8. The normalized spacial score (nSPS) is 25.0. The van der Waals surface area contributed by atoms with Crippen LogP contribution in [0.15, 0.2) is 47.6 Å². The van der Waals surface area contributed by atoms with Crippen molar-refractivity contribution >= 4 is 17.5 Å². The number of amides is 1. The summed E-state index contributed by atoms with van der Waals surface area (Å²) in [6.45, 7) is 15.4. The van der Waals surface area contributed by atoms with Crippen LogP contribution in [-0.4, -0.2) is 72.1 Å². The summed E-state index contributed by atoms with van der Waals surface area (Å²) >= 11 is 0. The number of methoxy groups -OCH3 is 1. The topological polar surface area (TPSA) is 93.1 Å². The number of hydrogen-bond donors (Lipinski definition) is 1. The molecule has 1 amide bonds. The Labute approximate surface area is 266 Å². The number of hydrogen-bond acceptors (Lipinski definition) is 6. The van der Waals surface area contributed by atoms with Crippen LogP contribution in [0, 0.1) is 23.7 Å². The Balaban J connectivity index is 1.85. The maximum absolute atomic E-state index is 13.1. The van der Waals surface area contributed by atoms with E-state index in [4.69, 9.17) is 9.47 Å². The molecule has 0 aromatic heterocycles. The Morgan fingerprint density at radius 1 is 0.977 bits per heavy atom. The molecule has 7 heteroatoms. The lowest BCUT2D eigenvalue weighted by Gasteiger charge is -2.36. The van der Waals surface area contributed by atoms with Crippen LogP contribution in [0.25, 0.3) is 0 Å². The van der Waals surface area contributed by atoms with Crippen LogP contribution in [0.1, 0.15) is 99.8 Å². The highest BCUT2D eigenvalue weighted by atomic mass is 16.5. The Morgan fingerprint density at radius 3 is 2.30 bits per heavy atom. The molecule has 2 rings (SSSR count). The zero-order chi connectivity index (χ0) is 32.8. The van der Waals surface area contributed by atoms with E-state index in [-0.39, 0.29) is 42.2 Å². The van der Waals surface area contributed by atoms with Gasteiger partial charge in [-0.3, -0.25) is 14.4 Å².